The summed E-state index contributed by atoms with van der Waals surface area (Å²) in [6.07, 6.45) is 1.60. The van der Waals surface area contributed by atoms with Crippen molar-refractivity contribution in [3.05, 3.63) is 29.8 Å². The van der Waals surface area contributed by atoms with E-state index in [1.165, 1.54) is 0 Å². The second-order valence-corrected chi connectivity index (χ2v) is 5.15. The van der Waals surface area contributed by atoms with Gasteiger partial charge in [-0.25, -0.2) is 0 Å². The lowest BCUT2D eigenvalue weighted by Crippen LogP contribution is -2.35. The number of hydrogen-bond donors (Lipinski definition) is 1. The lowest BCUT2D eigenvalue weighted by molar-refractivity contribution is 0.147. The molecule has 4 nitrogen and oxygen atoms in total. The average molecular weight is 289 g/mol. The number of nitrogens with zero attached hydrogens (tertiary/aromatic N) is 1. The number of benzene rings is 1. The number of rotatable bonds is 6. The van der Waals surface area contributed by atoms with Gasteiger partial charge in [0.05, 0.1) is 13.2 Å². The van der Waals surface area contributed by atoms with Gasteiger partial charge in [-0.05, 0) is 31.7 Å². The Labute approximate surface area is 126 Å². The van der Waals surface area contributed by atoms with Crippen LogP contribution in [-0.2, 0) is 4.74 Å². The minimum atomic E-state index is 0.0976. The van der Waals surface area contributed by atoms with Crippen LogP contribution in [0.5, 0.6) is 5.75 Å². The average Bonchev–Trinajstić information content (AvgIpc) is 3.02. The van der Waals surface area contributed by atoms with Crippen LogP contribution >= 0.6 is 0 Å². The zero-order valence-corrected chi connectivity index (χ0v) is 12.5. The first kappa shape index (κ1) is 15.8. The van der Waals surface area contributed by atoms with E-state index in [0.717, 1.165) is 37.5 Å². The van der Waals surface area contributed by atoms with Gasteiger partial charge in [-0.2, -0.15) is 0 Å². The van der Waals surface area contributed by atoms with E-state index in [0.29, 0.717) is 19.1 Å². The van der Waals surface area contributed by atoms with Crippen LogP contribution in [-0.4, -0.2) is 56.1 Å². The number of ether oxygens (including phenoxy) is 2. The Morgan fingerprint density at radius 1 is 1.48 bits per heavy atom. The largest absolute Gasteiger partial charge is 0.492 e. The minimum absolute atomic E-state index is 0.0976. The van der Waals surface area contributed by atoms with E-state index in [1.54, 1.807) is 0 Å². The molecule has 21 heavy (non-hydrogen) atoms. The molecule has 4 heteroatoms. The Hall–Kier alpha value is -1.54. The van der Waals surface area contributed by atoms with E-state index in [2.05, 4.69) is 23.8 Å². The molecule has 1 saturated heterocycles. The minimum Gasteiger partial charge on any atom is -0.492 e. The third-order valence-corrected chi connectivity index (χ3v) is 3.55. The first-order valence-corrected chi connectivity index (χ1v) is 7.40. The summed E-state index contributed by atoms with van der Waals surface area (Å²) in [5.74, 6) is 6.76. The summed E-state index contributed by atoms with van der Waals surface area (Å²) in [6.45, 7) is 3.33. The van der Waals surface area contributed by atoms with Gasteiger partial charge < -0.3 is 14.6 Å². The molecule has 0 saturated carbocycles. The fourth-order valence-corrected chi connectivity index (χ4v) is 2.24. The van der Waals surface area contributed by atoms with Gasteiger partial charge in [0.2, 0.25) is 0 Å². The number of likely N-dealkylation sites (N-methyl/N-ethyl adjacent to an activating group) is 1. The van der Waals surface area contributed by atoms with Crippen LogP contribution in [0.1, 0.15) is 18.4 Å². The predicted molar refractivity (Wildman–Crippen MR) is 82.4 cm³/mol. The van der Waals surface area contributed by atoms with Gasteiger partial charge in [-0.1, -0.05) is 17.9 Å². The molecule has 0 aliphatic carbocycles. The van der Waals surface area contributed by atoms with Crippen molar-refractivity contribution >= 4 is 0 Å². The fourth-order valence-electron chi connectivity index (χ4n) is 2.24. The molecule has 0 amide bonds. The van der Waals surface area contributed by atoms with Gasteiger partial charge in [0.15, 0.2) is 0 Å². The maximum absolute atomic E-state index is 8.72. The highest BCUT2D eigenvalue weighted by molar-refractivity contribution is 5.39. The Morgan fingerprint density at radius 2 is 2.38 bits per heavy atom. The molecule has 1 aliphatic rings. The van der Waals surface area contributed by atoms with Crippen LogP contribution in [0, 0.1) is 11.8 Å². The predicted octanol–water partition coefficient (Wildman–Crippen LogP) is 1.52. The molecule has 0 bridgehead atoms. The highest BCUT2D eigenvalue weighted by Crippen LogP contribution is 2.14. The highest BCUT2D eigenvalue weighted by atomic mass is 16.5. The number of hydrogen-bond acceptors (Lipinski definition) is 4. The van der Waals surface area contributed by atoms with Gasteiger partial charge in [-0.3, -0.25) is 4.90 Å². The first-order valence-electron chi connectivity index (χ1n) is 7.40. The second kappa shape index (κ2) is 8.68. The molecular weight excluding hydrogens is 266 g/mol. The summed E-state index contributed by atoms with van der Waals surface area (Å²) < 4.78 is 11.2. The van der Waals surface area contributed by atoms with Crippen LogP contribution in [0.2, 0.25) is 0 Å². The van der Waals surface area contributed by atoms with Gasteiger partial charge in [0.1, 0.15) is 12.4 Å². The number of aliphatic hydroxyl groups is 1. The first-order chi connectivity index (χ1) is 10.3. The van der Waals surface area contributed by atoms with Gasteiger partial charge in [0.25, 0.3) is 0 Å². The van der Waals surface area contributed by atoms with Crippen molar-refractivity contribution in [2.24, 2.45) is 0 Å². The van der Waals surface area contributed by atoms with E-state index >= 15 is 0 Å². The molecule has 0 radical (unpaired) electrons. The van der Waals surface area contributed by atoms with Crippen molar-refractivity contribution in [2.75, 3.05) is 40.0 Å². The smallest absolute Gasteiger partial charge is 0.120 e. The summed E-state index contributed by atoms with van der Waals surface area (Å²) in [5, 5.41) is 8.72. The Bertz CT molecular complexity index is 486. The molecule has 1 aromatic rings. The van der Waals surface area contributed by atoms with Crippen molar-refractivity contribution in [3.63, 3.8) is 0 Å². The maximum Gasteiger partial charge on any atom is 0.120 e. The van der Waals surface area contributed by atoms with E-state index in [1.807, 2.05) is 24.3 Å². The van der Waals surface area contributed by atoms with Crippen molar-refractivity contribution in [1.82, 2.24) is 4.90 Å². The maximum atomic E-state index is 8.72. The number of aliphatic hydroxyl groups excluding tert-OH is 1. The van der Waals surface area contributed by atoms with Crippen molar-refractivity contribution in [3.8, 4) is 17.6 Å². The molecule has 1 unspecified atom stereocenters. The zero-order valence-electron chi connectivity index (χ0n) is 12.5. The molecule has 1 heterocycles. The van der Waals surface area contributed by atoms with E-state index in [4.69, 9.17) is 14.6 Å². The Balaban J connectivity index is 1.77. The third-order valence-electron chi connectivity index (χ3n) is 3.55. The SMILES string of the molecule is CN(CCOc1cccc(C#CCCO)c1)C1CCOC1. The molecule has 1 N–H and O–H groups in total. The molecule has 0 aromatic heterocycles. The summed E-state index contributed by atoms with van der Waals surface area (Å²) in [4.78, 5) is 2.29. The third kappa shape index (κ3) is 5.39. The van der Waals surface area contributed by atoms with Gasteiger partial charge >= 0.3 is 0 Å². The molecular formula is C17H23NO3. The normalized spacial score (nSPS) is 17.6. The van der Waals surface area contributed by atoms with E-state index in [-0.39, 0.29) is 6.61 Å². The van der Waals surface area contributed by atoms with Crippen molar-refractivity contribution in [2.45, 2.75) is 18.9 Å². The summed E-state index contributed by atoms with van der Waals surface area (Å²) in [5.41, 5.74) is 0.915. The lowest BCUT2D eigenvalue weighted by Gasteiger charge is -2.22. The summed E-state index contributed by atoms with van der Waals surface area (Å²) >= 11 is 0. The van der Waals surface area contributed by atoms with E-state index < -0.39 is 0 Å². The Kier molecular flexibility index (Phi) is 6.55. The molecule has 1 atom stereocenters. The zero-order chi connectivity index (χ0) is 14.9. The lowest BCUT2D eigenvalue weighted by atomic mass is 10.2. The molecule has 2 rings (SSSR count). The second-order valence-electron chi connectivity index (χ2n) is 5.15. The Morgan fingerprint density at radius 3 is 3.14 bits per heavy atom. The summed E-state index contributed by atoms with van der Waals surface area (Å²) in [7, 11) is 2.11. The van der Waals surface area contributed by atoms with Crippen LogP contribution < -0.4 is 4.74 Å². The van der Waals surface area contributed by atoms with Crippen molar-refractivity contribution < 1.29 is 14.6 Å². The monoisotopic (exact) mass is 289 g/mol. The van der Waals surface area contributed by atoms with Crippen LogP contribution in [0.3, 0.4) is 0 Å². The molecule has 1 aromatic carbocycles. The van der Waals surface area contributed by atoms with Crippen LogP contribution in [0.15, 0.2) is 24.3 Å². The molecule has 114 valence electrons. The quantitative estimate of drug-likeness (QED) is 0.806. The fraction of sp³-hybridized carbons (Fsp3) is 0.529. The van der Waals surface area contributed by atoms with Crippen LogP contribution in [0.25, 0.3) is 0 Å². The molecule has 1 fully saturated rings. The van der Waals surface area contributed by atoms with Gasteiger partial charge in [0, 0.05) is 31.2 Å². The van der Waals surface area contributed by atoms with Crippen LogP contribution in [0.4, 0.5) is 0 Å². The molecule has 1 aliphatic heterocycles. The van der Waals surface area contributed by atoms with Crippen molar-refractivity contribution in [1.29, 1.82) is 0 Å². The highest BCUT2D eigenvalue weighted by Gasteiger charge is 2.19. The van der Waals surface area contributed by atoms with E-state index in [9.17, 15) is 0 Å². The molecule has 0 spiro atoms. The summed E-state index contributed by atoms with van der Waals surface area (Å²) in [6, 6.07) is 8.27. The standard InChI is InChI=1S/C17H23NO3/c1-18(16-8-11-20-14-16)9-12-21-17-7-4-6-15(13-17)5-2-3-10-19/h4,6-7,13,16,19H,3,8-12,14H2,1H3. The topological polar surface area (TPSA) is 41.9 Å². The van der Waals surface area contributed by atoms with Gasteiger partial charge in [-0.15, -0.1) is 0 Å².